The van der Waals surface area contributed by atoms with E-state index in [1.807, 2.05) is 6.07 Å². The maximum absolute atomic E-state index is 10.8. The van der Waals surface area contributed by atoms with Crippen LogP contribution in [0.1, 0.15) is 31.7 Å². The number of nitro benzene ring substituents is 1. The lowest BCUT2D eigenvalue weighted by Crippen LogP contribution is -2.27. The van der Waals surface area contributed by atoms with Crippen LogP contribution < -0.4 is 4.90 Å². The van der Waals surface area contributed by atoms with Gasteiger partial charge in [0.25, 0.3) is 5.69 Å². The molecule has 0 spiro atoms. The summed E-state index contributed by atoms with van der Waals surface area (Å²) in [4.78, 5) is 12.7. The highest BCUT2D eigenvalue weighted by atomic mass is 35.5. The van der Waals surface area contributed by atoms with Crippen LogP contribution in [0.3, 0.4) is 0 Å². The van der Waals surface area contributed by atoms with E-state index in [0.29, 0.717) is 11.9 Å². The molecular weight excluding hydrogens is 252 g/mol. The Kier molecular flexibility index (Phi) is 4.07. The second kappa shape index (κ2) is 5.57. The van der Waals surface area contributed by atoms with Crippen molar-refractivity contribution in [2.75, 3.05) is 11.4 Å². The van der Waals surface area contributed by atoms with Gasteiger partial charge in [0.05, 0.1) is 4.92 Å². The molecule has 1 aliphatic rings. The molecule has 1 aromatic carbocycles. The fourth-order valence-electron chi connectivity index (χ4n) is 2.20. The van der Waals surface area contributed by atoms with E-state index < -0.39 is 0 Å². The van der Waals surface area contributed by atoms with Crippen LogP contribution in [0, 0.1) is 10.1 Å². The Balaban J connectivity index is 2.32. The number of rotatable bonds is 6. The molecule has 5 heteroatoms. The van der Waals surface area contributed by atoms with Crippen molar-refractivity contribution in [3.8, 4) is 0 Å². The fraction of sp³-hybridized carbons (Fsp3) is 0.538. The van der Waals surface area contributed by atoms with E-state index in [-0.39, 0.29) is 10.6 Å². The first-order valence-electron chi connectivity index (χ1n) is 6.27. The van der Waals surface area contributed by atoms with Crippen LogP contribution in [-0.2, 0) is 5.88 Å². The molecule has 0 atom stereocenters. The summed E-state index contributed by atoms with van der Waals surface area (Å²) in [6.07, 6.45) is 3.48. The second-order valence-electron chi connectivity index (χ2n) is 4.63. The van der Waals surface area contributed by atoms with Crippen molar-refractivity contribution < 1.29 is 4.92 Å². The minimum Gasteiger partial charge on any atom is -0.368 e. The summed E-state index contributed by atoms with van der Waals surface area (Å²) in [5.41, 5.74) is 2.02. The largest absolute Gasteiger partial charge is 0.368 e. The average molecular weight is 269 g/mol. The molecule has 0 amide bonds. The first kappa shape index (κ1) is 13.1. The van der Waals surface area contributed by atoms with E-state index in [0.717, 1.165) is 24.2 Å². The number of anilines is 1. The summed E-state index contributed by atoms with van der Waals surface area (Å²) >= 11 is 5.93. The second-order valence-corrected chi connectivity index (χ2v) is 4.90. The lowest BCUT2D eigenvalue weighted by molar-refractivity contribution is -0.384. The standard InChI is InChI=1S/C13H17ClN2O2/c1-2-7-15(11-3-4-11)13-6-5-12(16(17)18)8-10(13)9-14/h5-6,8,11H,2-4,7,9H2,1H3. The van der Waals surface area contributed by atoms with Crippen molar-refractivity contribution in [1.82, 2.24) is 0 Å². The quantitative estimate of drug-likeness (QED) is 0.449. The molecular formula is C13H17ClN2O2. The molecule has 18 heavy (non-hydrogen) atoms. The SMILES string of the molecule is CCCN(c1ccc([N+](=O)[O-])cc1CCl)C1CC1. The van der Waals surface area contributed by atoms with Crippen LogP contribution in [0.25, 0.3) is 0 Å². The Morgan fingerprint density at radius 2 is 2.22 bits per heavy atom. The van der Waals surface area contributed by atoms with Gasteiger partial charge in [0.1, 0.15) is 0 Å². The van der Waals surface area contributed by atoms with E-state index in [9.17, 15) is 10.1 Å². The normalized spacial score (nSPS) is 14.6. The van der Waals surface area contributed by atoms with Crippen molar-refractivity contribution in [3.63, 3.8) is 0 Å². The molecule has 0 N–H and O–H groups in total. The molecule has 1 aromatic rings. The number of nitro groups is 1. The molecule has 98 valence electrons. The van der Waals surface area contributed by atoms with Gasteiger partial charge in [-0.2, -0.15) is 0 Å². The van der Waals surface area contributed by atoms with Gasteiger partial charge >= 0.3 is 0 Å². The smallest absolute Gasteiger partial charge is 0.269 e. The molecule has 1 fully saturated rings. The zero-order valence-corrected chi connectivity index (χ0v) is 11.2. The third-order valence-corrected chi connectivity index (χ3v) is 3.47. The molecule has 4 nitrogen and oxygen atoms in total. The molecule has 1 saturated carbocycles. The van der Waals surface area contributed by atoms with E-state index in [2.05, 4.69) is 11.8 Å². The van der Waals surface area contributed by atoms with Gasteiger partial charge < -0.3 is 4.90 Å². The summed E-state index contributed by atoms with van der Waals surface area (Å²) in [6, 6.07) is 5.58. The predicted octanol–water partition coefficient (Wildman–Crippen LogP) is 3.71. The van der Waals surface area contributed by atoms with E-state index in [1.165, 1.54) is 12.8 Å². The minimum atomic E-state index is -0.374. The topological polar surface area (TPSA) is 46.4 Å². The van der Waals surface area contributed by atoms with E-state index >= 15 is 0 Å². The first-order chi connectivity index (χ1) is 8.67. The van der Waals surface area contributed by atoms with Crippen LogP contribution in [-0.4, -0.2) is 17.5 Å². The third kappa shape index (κ3) is 2.75. The van der Waals surface area contributed by atoms with E-state index in [1.54, 1.807) is 12.1 Å². The molecule has 0 radical (unpaired) electrons. The summed E-state index contributed by atoms with van der Waals surface area (Å²) in [5.74, 6) is 0.309. The summed E-state index contributed by atoms with van der Waals surface area (Å²) in [6.45, 7) is 3.12. The zero-order chi connectivity index (χ0) is 13.1. The van der Waals surface area contributed by atoms with Crippen LogP contribution in [0.5, 0.6) is 0 Å². The van der Waals surface area contributed by atoms with Gasteiger partial charge in [-0.1, -0.05) is 6.92 Å². The van der Waals surface area contributed by atoms with Gasteiger partial charge in [0.2, 0.25) is 0 Å². The van der Waals surface area contributed by atoms with Crippen LogP contribution >= 0.6 is 11.6 Å². The molecule has 0 unspecified atom stereocenters. The van der Waals surface area contributed by atoms with Crippen molar-refractivity contribution in [1.29, 1.82) is 0 Å². The number of alkyl halides is 1. The highest BCUT2D eigenvalue weighted by Crippen LogP contribution is 2.35. The van der Waals surface area contributed by atoms with Crippen LogP contribution in [0.15, 0.2) is 18.2 Å². The van der Waals surface area contributed by atoms with Crippen molar-refractivity contribution in [3.05, 3.63) is 33.9 Å². The number of non-ortho nitro benzene ring substituents is 1. The first-order valence-corrected chi connectivity index (χ1v) is 6.80. The van der Waals surface area contributed by atoms with Crippen LogP contribution in [0.2, 0.25) is 0 Å². The Labute approximate surface area is 112 Å². The number of hydrogen-bond donors (Lipinski definition) is 0. The van der Waals surface area contributed by atoms with Gasteiger partial charge in [0, 0.05) is 36.3 Å². The van der Waals surface area contributed by atoms with Crippen molar-refractivity contribution in [2.45, 2.75) is 38.1 Å². The number of hydrogen-bond acceptors (Lipinski definition) is 3. The number of halogens is 1. The fourth-order valence-corrected chi connectivity index (χ4v) is 2.41. The van der Waals surface area contributed by atoms with Gasteiger partial charge in [0.15, 0.2) is 0 Å². The molecule has 2 rings (SSSR count). The summed E-state index contributed by atoms with van der Waals surface area (Å²) < 4.78 is 0. The number of nitrogens with zero attached hydrogens (tertiary/aromatic N) is 2. The lowest BCUT2D eigenvalue weighted by Gasteiger charge is -2.26. The Morgan fingerprint density at radius 1 is 1.50 bits per heavy atom. The maximum atomic E-state index is 10.8. The average Bonchev–Trinajstić information content (AvgIpc) is 3.19. The zero-order valence-electron chi connectivity index (χ0n) is 10.4. The molecule has 0 bridgehead atoms. The van der Waals surface area contributed by atoms with Gasteiger partial charge in [-0.05, 0) is 30.9 Å². The predicted molar refractivity (Wildman–Crippen MR) is 73.3 cm³/mol. The lowest BCUT2D eigenvalue weighted by atomic mass is 10.1. The van der Waals surface area contributed by atoms with E-state index in [4.69, 9.17) is 11.6 Å². The molecule has 0 heterocycles. The third-order valence-electron chi connectivity index (χ3n) is 3.18. The minimum absolute atomic E-state index is 0.113. The Morgan fingerprint density at radius 3 is 2.72 bits per heavy atom. The van der Waals surface area contributed by atoms with Gasteiger partial charge in [-0.25, -0.2) is 0 Å². The summed E-state index contributed by atoms with van der Waals surface area (Å²) in [7, 11) is 0. The van der Waals surface area contributed by atoms with Crippen LogP contribution in [0.4, 0.5) is 11.4 Å². The molecule has 1 aliphatic carbocycles. The monoisotopic (exact) mass is 268 g/mol. The van der Waals surface area contributed by atoms with Gasteiger partial charge in [-0.15, -0.1) is 11.6 Å². The Bertz CT molecular complexity index is 447. The Hall–Kier alpha value is -1.29. The van der Waals surface area contributed by atoms with Gasteiger partial charge in [-0.3, -0.25) is 10.1 Å². The summed E-state index contributed by atoms with van der Waals surface area (Å²) in [5, 5.41) is 10.8. The maximum Gasteiger partial charge on any atom is 0.269 e. The molecule has 0 aromatic heterocycles. The highest BCUT2D eigenvalue weighted by molar-refractivity contribution is 6.17. The highest BCUT2D eigenvalue weighted by Gasteiger charge is 2.30. The van der Waals surface area contributed by atoms with Crippen molar-refractivity contribution >= 4 is 23.0 Å². The van der Waals surface area contributed by atoms with Crippen molar-refractivity contribution in [2.24, 2.45) is 0 Å². The molecule has 0 saturated heterocycles. The number of benzene rings is 1. The molecule has 0 aliphatic heterocycles.